The summed E-state index contributed by atoms with van der Waals surface area (Å²) in [4.78, 5) is 0. The van der Waals surface area contributed by atoms with Crippen molar-refractivity contribution in [2.45, 2.75) is 26.4 Å². The average molecular weight is 363 g/mol. The van der Waals surface area contributed by atoms with Crippen LogP contribution in [0.3, 0.4) is 0 Å². The van der Waals surface area contributed by atoms with Crippen molar-refractivity contribution in [3.05, 3.63) is 42.0 Å². The topological polar surface area (TPSA) is 0 Å². The molecule has 0 saturated heterocycles. The Morgan fingerprint density at radius 1 is 1.24 bits per heavy atom. The summed E-state index contributed by atoms with van der Waals surface area (Å²) in [5.41, 5.74) is 1.21. The van der Waals surface area contributed by atoms with Gasteiger partial charge in [0.15, 0.2) is 0 Å². The van der Waals surface area contributed by atoms with Gasteiger partial charge in [0.05, 0.1) is 0 Å². The van der Waals surface area contributed by atoms with E-state index in [1.165, 1.54) is 16.3 Å². The summed E-state index contributed by atoms with van der Waals surface area (Å²) in [6.07, 6.45) is 1.13. The molecule has 0 unspecified atom stereocenters. The van der Waals surface area contributed by atoms with E-state index < -0.39 is 18.0 Å². The fourth-order valence-corrected chi connectivity index (χ4v) is 1.42. The first-order chi connectivity index (χ1) is 8.04. The molecule has 0 radical (unpaired) electrons. The minimum absolute atomic E-state index is 0.224. The zero-order valence-corrected chi connectivity index (χ0v) is 15.4. The average Bonchev–Trinajstić information content (AvgIpc) is 2.72. The molecule has 17 heavy (non-hydrogen) atoms. The fourth-order valence-electron chi connectivity index (χ4n) is 1.42. The Morgan fingerprint density at radius 2 is 1.82 bits per heavy atom. The van der Waals surface area contributed by atoms with Gasteiger partial charge in [0.2, 0.25) is 0 Å². The molecule has 2 aromatic rings. The summed E-state index contributed by atoms with van der Waals surface area (Å²) in [6.45, 7) is 6.52. The Kier molecular flexibility index (Phi) is 7.18. The summed E-state index contributed by atoms with van der Waals surface area (Å²) in [6, 6.07) is 13.0. The molecule has 92 valence electrons. The predicted molar refractivity (Wildman–Crippen MR) is 78.1 cm³/mol. The van der Waals surface area contributed by atoms with Crippen molar-refractivity contribution in [3.63, 3.8) is 0 Å². The van der Waals surface area contributed by atoms with E-state index in [9.17, 15) is 0 Å². The second-order valence-corrected chi connectivity index (χ2v) is 27.1. The van der Waals surface area contributed by atoms with Crippen LogP contribution in [-0.2, 0) is 24.4 Å². The Hall–Kier alpha value is 0.510. The van der Waals surface area contributed by atoms with Crippen LogP contribution >= 0.6 is 17.0 Å². The Balaban J connectivity index is 0.000000209. The molecule has 0 aliphatic heterocycles. The number of hydrogen-bond acceptors (Lipinski definition) is 0. The number of halogens is 2. The first kappa shape index (κ1) is 15.6. The second kappa shape index (κ2) is 7.84. The van der Waals surface area contributed by atoms with Crippen LogP contribution in [0.2, 0.25) is 13.1 Å². The second-order valence-electron chi connectivity index (χ2n) is 4.11. The molecule has 0 spiro atoms. The van der Waals surface area contributed by atoms with Crippen LogP contribution in [0.5, 0.6) is 0 Å². The van der Waals surface area contributed by atoms with Crippen molar-refractivity contribution < 1.29 is 18.0 Å². The summed E-state index contributed by atoms with van der Waals surface area (Å²) in [7, 11) is 11.2. The molecule has 0 aliphatic carbocycles. The maximum absolute atomic E-state index is 5.62. The normalized spacial score (nSPS) is 9.71. The van der Waals surface area contributed by atoms with Gasteiger partial charge in [-0.05, 0) is 6.42 Å². The molecule has 2 rings (SSSR count). The monoisotopic (exact) mass is 361 g/mol. The molecule has 0 heterocycles. The van der Waals surface area contributed by atoms with Gasteiger partial charge < -0.3 is 0 Å². The summed E-state index contributed by atoms with van der Waals surface area (Å²) >= 11 is -1.65. The zero-order valence-electron chi connectivity index (χ0n) is 10.4. The van der Waals surface area contributed by atoms with Crippen LogP contribution in [0, 0.1) is 0 Å². The maximum atomic E-state index is 5.62. The van der Waals surface area contributed by atoms with Crippen LogP contribution in [0.4, 0.5) is 0 Å². The number of hydrogen-bond donors (Lipinski definition) is 0. The van der Waals surface area contributed by atoms with Gasteiger partial charge in [-0.2, -0.15) is 6.07 Å². The summed E-state index contributed by atoms with van der Waals surface area (Å²) in [5.74, 6) is 0. The summed E-state index contributed by atoms with van der Waals surface area (Å²) in [5, 5.41) is 2.73. The van der Waals surface area contributed by atoms with E-state index >= 15 is 0 Å². The molecule has 0 fully saturated rings. The molecule has 0 aromatic heterocycles. The van der Waals surface area contributed by atoms with E-state index in [2.05, 4.69) is 56.4 Å². The van der Waals surface area contributed by atoms with Crippen molar-refractivity contribution >= 4 is 33.2 Å². The first-order valence-corrected chi connectivity index (χ1v) is 18.2. The standard InChI is InChI=1S/C11H11.C2H6Si.2ClH.Zr/c1-2-9-7-10-5-3-4-6-11(10)8-9;1-3-2;;;/h3-8H,2H2,1H3;1-2H3;2*1H;/q-1;;;;+2/p-2. The molecule has 0 bridgehead atoms. The number of aryl methyl sites for hydroxylation is 1. The van der Waals surface area contributed by atoms with Gasteiger partial charge in [0.25, 0.3) is 0 Å². The molecule has 0 saturated carbocycles. The van der Waals surface area contributed by atoms with Gasteiger partial charge in [-0.25, -0.2) is 0 Å². The van der Waals surface area contributed by atoms with Crippen molar-refractivity contribution in [3.8, 4) is 0 Å². The van der Waals surface area contributed by atoms with Gasteiger partial charge in [0, 0.05) is 0 Å². The SMILES string of the molecule is CCc1cc2ccccc2[cH-]1.C[Si](C)=[Zr]([Cl])[Cl]. The van der Waals surface area contributed by atoms with Gasteiger partial charge in [-0.1, -0.05) is 13.0 Å². The van der Waals surface area contributed by atoms with E-state index in [4.69, 9.17) is 17.0 Å². The third-order valence-electron chi connectivity index (χ3n) is 2.46. The van der Waals surface area contributed by atoms with Crippen molar-refractivity contribution in [1.82, 2.24) is 0 Å². The van der Waals surface area contributed by atoms with Gasteiger partial charge in [-0.3, -0.25) is 0 Å². The minimum atomic E-state index is -1.65. The molecule has 0 aliphatic rings. The Morgan fingerprint density at radius 3 is 2.29 bits per heavy atom. The van der Waals surface area contributed by atoms with Crippen molar-refractivity contribution in [2.24, 2.45) is 0 Å². The van der Waals surface area contributed by atoms with Crippen LogP contribution < -0.4 is 0 Å². The van der Waals surface area contributed by atoms with Crippen LogP contribution in [0.25, 0.3) is 10.8 Å². The molecule has 0 atom stereocenters. The predicted octanol–water partition coefficient (Wildman–Crippen LogP) is 5.28. The van der Waals surface area contributed by atoms with Crippen LogP contribution in [0.1, 0.15) is 12.5 Å². The Labute approximate surface area is 119 Å². The van der Waals surface area contributed by atoms with Crippen molar-refractivity contribution in [1.29, 1.82) is 0 Å². The molecule has 2 aromatic carbocycles. The molecule has 0 N–H and O–H groups in total. The molecular weight excluding hydrogens is 346 g/mol. The third kappa shape index (κ3) is 5.34. The molecular formula is C13H17Cl2SiZr-. The number of fused-ring (bicyclic) bond motifs is 1. The summed E-state index contributed by atoms with van der Waals surface area (Å²) < 4.78 is 0. The third-order valence-corrected chi connectivity index (χ3v) is 22.2. The quantitative estimate of drug-likeness (QED) is 0.477. The van der Waals surface area contributed by atoms with E-state index in [-0.39, 0.29) is 5.43 Å². The van der Waals surface area contributed by atoms with Crippen LogP contribution in [0.15, 0.2) is 36.4 Å². The van der Waals surface area contributed by atoms with E-state index in [0.717, 1.165) is 6.42 Å². The molecule has 0 nitrogen and oxygen atoms in total. The van der Waals surface area contributed by atoms with Crippen molar-refractivity contribution in [2.75, 3.05) is 0 Å². The molecule has 0 amide bonds. The number of rotatable bonds is 1. The van der Waals surface area contributed by atoms with Crippen LogP contribution in [-0.4, -0.2) is 5.43 Å². The van der Waals surface area contributed by atoms with Gasteiger partial charge in [-0.15, -0.1) is 40.6 Å². The van der Waals surface area contributed by atoms with E-state index in [0.29, 0.717) is 0 Å². The molecule has 4 heteroatoms. The van der Waals surface area contributed by atoms with Gasteiger partial charge in [0.1, 0.15) is 0 Å². The first-order valence-electron chi connectivity index (χ1n) is 5.67. The van der Waals surface area contributed by atoms with E-state index in [1.807, 2.05) is 0 Å². The van der Waals surface area contributed by atoms with E-state index in [1.54, 1.807) is 0 Å². The zero-order chi connectivity index (χ0) is 12.8. The van der Waals surface area contributed by atoms with Gasteiger partial charge >= 0.3 is 53.5 Å². The number of benzene rings is 1. The Bertz CT molecular complexity index is 466. The fraction of sp³-hybridized carbons (Fsp3) is 0.308.